The molecule has 0 saturated carbocycles. The Bertz CT molecular complexity index is 315. The van der Waals surface area contributed by atoms with Crippen LogP contribution in [0.3, 0.4) is 0 Å². The molecule has 86 valence electrons. The maximum atomic E-state index is 4.45. The van der Waals surface area contributed by atoms with Crippen molar-refractivity contribution in [3.05, 3.63) is 17.0 Å². The molecule has 0 spiro atoms. The van der Waals surface area contributed by atoms with Gasteiger partial charge >= 0.3 is 0 Å². The van der Waals surface area contributed by atoms with Gasteiger partial charge in [-0.25, -0.2) is 0 Å². The number of hydrogen-bond donors (Lipinski definition) is 1. The molecule has 0 aliphatic rings. The predicted molar refractivity (Wildman–Crippen MR) is 64.3 cm³/mol. The minimum absolute atomic E-state index is 0.547. The Hall–Kier alpha value is -0.830. The van der Waals surface area contributed by atoms with Crippen LogP contribution >= 0.6 is 0 Å². The van der Waals surface area contributed by atoms with Crippen LogP contribution < -0.4 is 5.32 Å². The number of hydrogen-bond acceptors (Lipinski definition) is 2. The number of nitrogens with zero attached hydrogens (tertiary/aromatic N) is 2. The monoisotopic (exact) mass is 209 g/mol. The van der Waals surface area contributed by atoms with E-state index in [1.54, 1.807) is 0 Å². The Morgan fingerprint density at radius 2 is 2.07 bits per heavy atom. The van der Waals surface area contributed by atoms with Crippen molar-refractivity contribution in [2.45, 2.75) is 40.0 Å². The zero-order valence-corrected chi connectivity index (χ0v) is 10.6. The molecule has 1 aromatic rings. The Morgan fingerprint density at radius 1 is 1.40 bits per heavy atom. The highest BCUT2D eigenvalue weighted by molar-refractivity contribution is 5.28. The van der Waals surface area contributed by atoms with E-state index in [0.717, 1.165) is 13.1 Å². The summed E-state index contributed by atoms with van der Waals surface area (Å²) in [6, 6.07) is 0. The second-order valence-corrected chi connectivity index (χ2v) is 4.31. The van der Waals surface area contributed by atoms with Gasteiger partial charge in [0.05, 0.1) is 5.69 Å². The van der Waals surface area contributed by atoms with Gasteiger partial charge in [0, 0.05) is 19.3 Å². The lowest BCUT2D eigenvalue weighted by molar-refractivity contribution is 0.604. The van der Waals surface area contributed by atoms with E-state index in [9.17, 15) is 0 Å². The van der Waals surface area contributed by atoms with Crippen molar-refractivity contribution < 1.29 is 0 Å². The van der Waals surface area contributed by atoms with Crippen molar-refractivity contribution in [3.63, 3.8) is 0 Å². The average Bonchev–Trinajstić information content (AvgIpc) is 2.41. The molecule has 3 nitrogen and oxygen atoms in total. The molecule has 0 aliphatic heterocycles. The largest absolute Gasteiger partial charge is 0.316 e. The van der Waals surface area contributed by atoms with E-state index in [-0.39, 0.29) is 0 Å². The second kappa shape index (κ2) is 5.31. The van der Waals surface area contributed by atoms with E-state index in [0.29, 0.717) is 5.92 Å². The molecule has 0 radical (unpaired) electrons. The standard InChI is InChI=1S/C12H23N3/c1-6-7-13-8-9(2)12-10(3)14-15(5)11(12)4/h9,13H,6-8H2,1-5H3. The zero-order valence-electron chi connectivity index (χ0n) is 10.6. The van der Waals surface area contributed by atoms with Gasteiger partial charge in [-0.15, -0.1) is 0 Å². The highest BCUT2D eigenvalue weighted by Gasteiger charge is 2.15. The quantitative estimate of drug-likeness (QED) is 0.753. The molecule has 1 N–H and O–H groups in total. The van der Waals surface area contributed by atoms with Crippen LogP contribution in [0, 0.1) is 13.8 Å². The fourth-order valence-corrected chi connectivity index (χ4v) is 2.10. The molecule has 0 aromatic carbocycles. The molecule has 1 heterocycles. The number of aryl methyl sites for hydroxylation is 2. The molecule has 1 aromatic heterocycles. The Balaban J connectivity index is 2.68. The van der Waals surface area contributed by atoms with Crippen LogP contribution in [0.15, 0.2) is 0 Å². The highest BCUT2D eigenvalue weighted by atomic mass is 15.3. The van der Waals surface area contributed by atoms with Crippen LogP contribution in [-0.2, 0) is 7.05 Å². The normalized spacial score (nSPS) is 13.1. The smallest absolute Gasteiger partial charge is 0.0631 e. The van der Waals surface area contributed by atoms with Crippen LogP contribution in [0.25, 0.3) is 0 Å². The van der Waals surface area contributed by atoms with Crippen LogP contribution in [0.5, 0.6) is 0 Å². The van der Waals surface area contributed by atoms with Gasteiger partial charge in [-0.1, -0.05) is 13.8 Å². The first-order chi connectivity index (χ1) is 7.07. The topological polar surface area (TPSA) is 29.9 Å². The van der Waals surface area contributed by atoms with Crippen molar-refractivity contribution in [2.24, 2.45) is 7.05 Å². The fraction of sp³-hybridized carbons (Fsp3) is 0.750. The van der Waals surface area contributed by atoms with Crippen LogP contribution in [0.2, 0.25) is 0 Å². The van der Waals surface area contributed by atoms with Gasteiger partial charge in [0.25, 0.3) is 0 Å². The van der Waals surface area contributed by atoms with E-state index in [4.69, 9.17) is 0 Å². The van der Waals surface area contributed by atoms with Gasteiger partial charge in [-0.3, -0.25) is 4.68 Å². The minimum atomic E-state index is 0.547. The Labute approximate surface area is 92.9 Å². The van der Waals surface area contributed by atoms with E-state index < -0.39 is 0 Å². The van der Waals surface area contributed by atoms with Gasteiger partial charge < -0.3 is 5.32 Å². The molecule has 0 bridgehead atoms. The van der Waals surface area contributed by atoms with Crippen LogP contribution in [-0.4, -0.2) is 22.9 Å². The molecule has 1 rings (SSSR count). The maximum Gasteiger partial charge on any atom is 0.0631 e. The van der Waals surface area contributed by atoms with Crippen molar-refractivity contribution in [3.8, 4) is 0 Å². The Kier molecular flexibility index (Phi) is 4.33. The molecular weight excluding hydrogens is 186 g/mol. The average molecular weight is 209 g/mol. The molecular formula is C12H23N3. The summed E-state index contributed by atoms with van der Waals surface area (Å²) in [4.78, 5) is 0. The molecule has 0 fully saturated rings. The first-order valence-corrected chi connectivity index (χ1v) is 5.78. The molecule has 15 heavy (non-hydrogen) atoms. The maximum absolute atomic E-state index is 4.45. The molecule has 0 amide bonds. The van der Waals surface area contributed by atoms with E-state index >= 15 is 0 Å². The lowest BCUT2D eigenvalue weighted by Gasteiger charge is -2.13. The summed E-state index contributed by atoms with van der Waals surface area (Å²) in [7, 11) is 2.01. The summed E-state index contributed by atoms with van der Waals surface area (Å²) in [6.07, 6.45) is 1.19. The van der Waals surface area contributed by atoms with E-state index in [1.165, 1.54) is 23.4 Å². The van der Waals surface area contributed by atoms with Crippen molar-refractivity contribution in [1.82, 2.24) is 15.1 Å². The lowest BCUT2D eigenvalue weighted by Crippen LogP contribution is -2.21. The fourth-order valence-electron chi connectivity index (χ4n) is 2.10. The highest BCUT2D eigenvalue weighted by Crippen LogP contribution is 2.21. The predicted octanol–water partition coefficient (Wildman–Crippen LogP) is 2.14. The van der Waals surface area contributed by atoms with Crippen molar-refractivity contribution in [1.29, 1.82) is 0 Å². The van der Waals surface area contributed by atoms with E-state index in [2.05, 4.69) is 38.1 Å². The van der Waals surface area contributed by atoms with Gasteiger partial charge in [-0.2, -0.15) is 5.10 Å². The van der Waals surface area contributed by atoms with Gasteiger partial charge in [-0.05, 0) is 38.3 Å². The summed E-state index contributed by atoms with van der Waals surface area (Å²) in [6.45, 7) is 10.8. The third-order valence-electron chi connectivity index (χ3n) is 2.94. The SMILES string of the molecule is CCCNCC(C)c1c(C)nn(C)c1C. The number of aromatic nitrogens is 2. The zero-order chi connectivity index (χ0) is 11.4. The summed E-state index contributed by atoms with van der Waals surface area (Å²) >= 11 is 0. The van der Waals surface area contributed by atoms with Crippen LogP contribution in [0.1, 0.15) is 43.1 Å². The van der Waals surface area contributed by atoms with Gasteiger partial charge in [0.1, 0.15) is 0 Å². The molecule has 1 unspecified atom stereocenters. The summed E-state index contributed by atoms with van der Waals surface area (Å²) < 4.78 is 1.97. The van der Waals surface area contributed by atoms with Gasteiger partial charge in [0.2, 0.25) is 0 Å². The number of rotatable bonds is 5. The molecule has 0 saturated heterocycles. The molecule has 0 aliphatic carbocycles. The van der Waals surface area contributed by atoms with Crippen molar-refractivity contribution in [2.75, 3.05) is 13.1 Å². The van der Waals surface area contributed by atoms with Gasteiger partial charge in [0.15, 0.2) is 0 Å². The number of nitrogens with one attached hydrogen (secondary N) is 1. The summed E-state index contributed by atoms with van der Waals surface area (Å²) in [5.41, 5.74) is 3.86. The minimum Gasteiger partial charge on any atom is -0.316 e. The van der Waals surface area contributed by atoms with Crippen LogP contribution in [0.4, 0.5) is 0 Å². The summed E-state index contributed by atoms with van der Waals surface area (Å²) in [5, 5.41) is 7.91. The van der Waals surface area contributed by atoms with E-state index in [1.807, 2.05) is 11.7 Å². The molecule has 1 atom stereocenters. The van der Waals surface area contributed by atoms with Crippen molar-refractivity contribution >= 4 is 0 Å². The lowest BCUT2D eigenvalue weighted by atomic mass is 9.99. The third kappa shape index (κ3) is 2.81. The second-order valence-electron chi connectivity index (χ2n) is 4.31. The first-order valence-electron chi connectivity index (χ1n) is 5.78. The Morgan fingerprint density at radius 3 is 2.53 bits per heavy atom. The first kappa shape index (κ1) is 12.2. The molecule has 3 heteroatoms. The summed E-state index contributed by atoms with van der Waals surface area (Å²) in [5.74, 6) is 0.547. The third-order valence-corrected chi connectivity index (χ3v) is 2.94.